The molecule has 1 saturated heterocycles. The monoisotopic (exact) mass is 504 g/mol. The number of unbranched alkanes of at least 4 members (excludes halogenated alkanes) is 2. The molecular formula is C21H20N4O5S3. The first-order valence-electron chi connectivity index (χ1n) is 9.97. The van der Waals surface area contributed by atoms with Gasteiger partial charge in [0, 0.05) is 35.5 Å². The van der Waals surface area contributed by atoms with E-state index in [0.717, 1.165) is 10.9 Å². The van der Waals surface area contributed by atoms with Gasteiger partial charge < -0.3 is 0 Å². The summed E-state index contributed by atoms with van der Waals surface area (Å²) in [5.74, 6) is -1.12. The summed E-state index contributed by atoms with van der Waals surface area (Å²) in [5, 5.41) is 12.7. The van der Waals surface area contributed by atoms with Gasteiger partial charge in [0.2, 0.25) is 5.91 Å². The van der Waals surface area contributed by atoms with Crippen LogP contribution in [0.25, 0.3) is 6.08 Å². The second kappa shape index (κ2) is 11.7. The molecule has 12 heteroatoms. The largest absolute Gasteiger partial charge is 0.293 e. The van der Waals surface area contributed by atoms with Gasteiger partial charge in [-0.25, -0.2) is 0 Å². The predicted octanol–water partition coefficient (Wildman–Crippen LogP) is 3.88. The lowest BCUT2D eigenvalue weighted by Gasteiger charge is -2.14. The minimum absolute atomic E-state index is 0.0705. The zero-order valence-corrected chi connectivity index (χ0v) is 19.8. The van der Waals surface area contributed by atoms with E-state index in [1.54, 1.807) is 16.2 Å². The standard InChI is InChI=1S/C21H20N4O5S3/c26-18(22-23-19(27)14-6-4-7-15(12-14)25(29)30)9-2-1-3-10-24-20(28)17(33-21(24)31)13-16-8-5-11-32-16/h4-8,11-13H,1-3,9-10H2,(H,22,26)(H,23,27)/b17-13+. The molecule has 9 nitrogen and oxygen atoms in total. The summed E-state index contributed by atoms with van der Waals surface area (Å²) in [6.45, 7) is 0.484. The van der Waals surface area contributed by atoms with Crippen molar-refractivity contribution in [1.82, 2.24) is 15.8 Å². The third kappa shape index (κ3) is 6.94. The van der Waals surface area contributed by atoms with Crippen LogP contribution in [0.15, 0.2) is 46.7 Å². The van der Waals surface area contributed by atoms with E-state index >= 15 is 0 Å². The number of benzene rings is 1. The number of nitrogens with one attached hydrogen (secondary N) is 2. The number of thioether (sulfide) groups is 1. The predicted molar refractivity (Wildman–Crippen MR) is 131 cm³/mol. The Morgan fingerprint density at radius 2 is 1.97 bits per heavy atom. The lowest BCUT2D eigenvalue weighted by molar-refractivity contribution is -0.384. The average Bonchev–Trinajstić information content (AvgIpc) is 3.40. The molecule has 3 amide bonds. The maximum Gasteiger partial charge on any atom is 0.270 e. The number of hydrogen-bond donors (Lipinski definition) is 2. The highest BCUT2D eigenvalue weighted by molar-refractivity contribution is 8.26. The van der Waals surface area contributed by atoms with Crippen molar-refractivity contribution < 1.29 is 19.3 Å². The first kappa shape index (κ1) is 24.6. The molecule has 1 aliphatic rings. The number of hydrogen-bond acceptors (Lipinski definition) is 8. The Bertz CT molecular complexity index is 1100. The van der Waals surface area contributed by atoms with Crippen LogP contribution in [0.3, 0.4) is 0 Å². The summed E-state index contributed by atoms with van der Waals surface area (Å²) in [4.78, 5) is 49.9. The van der Waals surface area contributed by atoms with E-state index in [1.165, 1.54) is 30.0 Å². The molecule has 2 N–H and O–H groups in total. The number of nitrogens with zero attached hydrogens (tertiary/aromatic N) is 2. The summed E-state index contributed by atoms with van der Waals surface area (Å²) in [7, 11) is 0. The molecule has 33 heavy (non-hydrogen) atoms. The maximum atomic E-state index is 12.6. The van der Waals surface area contributed by atoms with Crippen molar-refractivity contribution in [2.75, 3.05) is 6.54 Å². The van der Waals surface area contributed by atoms with Crippen LogP contribution in [0.4, 0.5) is 5.69 Å². The van der Waals surface area contributed by atoms with Crippen molar-refractivity contribution in [2.24, 2.45) is 0 Å². The van der Waals surface area contributed by atoms with Gasteiger partial charge >= 0.3 is 0 Å². The lowest BCUT2D eigenvalue weighted by Crippen LogP contribution is -2.41. The van der Waals surface area contributed by atoms with Gasteiger partial charge in [0.1, 0.15) is 4.32 Å². The molecule has 0 aliphatic carbocycles. The Morgan fingerprint density at radius 1 is 1.15 bits per heavy atom. The van der Waals surface area contributed by atoms with Gasteiger partial charge in [-0.2, -0.15) is 0 Å². The van der Waals surface area contributed by atoms with Gasteiger partial charge in [-0.3, -0.25) is 40.2 Å². The van der Waals surface area contributed by atoms with Crippen LogP contribution < -0.4 is 10.9 Å². The highest BCUT2D eigenvalue weighted by atomic mass is 32.2. The number of amides is 3. The third-order valence-corrected chi connectivity index (χ3v) is 6.81. The fourth-order valence-corrected chi connectivity index (χ4v) is 4.98. The summed E-state index contributed by atoms with van der Waals surface area (Å²) in [6, 6.07) is 9.08. The fraction of sp³-hybridized carbons (Fsp3) is 0.238. The van der Waals surface area contributed by atoms with Gasteiger partial charge in [0.25, 0.3) is 17.5 Å². The third-order valence-electron chi connectivity index (χ3n) is 4.61. The summed E-state index contributed by atoms with van der Waals surface area (Å²) in [5.41, 5.74) is 4.40. The molecule has 3 rings (SSSR count). The first-order valence-corrected chi connectivity index (χ1v) is 12.1. The Balaban J connectivity index is 1.35. The molecule has 1 aromatic heterocycles. The minimum atomic E-state index is -0.642. The number of hydrazine groups is 1. The molecule has 1 fully saturated rings. The van der Waals surface area contributed by atoms with Gasteiger partial charge in [-0.05, 0) is 36.4 Å². The van der Waals surface area contributed by atoms with E-state index in [4.69, 9.17) is 12.2 Å². The molecule has 1 aliphatic heterocycles. The van der Waals surface area contributed by atoms with Gasteiger partial charge in [-0.1, -0.05) is 42.5 Å². The molecule has 0 bridgehead atoms. The minimum Gasteiger partial charge on any atom is -0.293 e. The molecule has 2 heterocycles. The van der Waals surface area contributed by atoms with Crippen LogP contribution >= 0.6 is 35.3 Å². The summed E-state index contributed by atoms with van der Waals surface area (Å²) >= 11 is 8.17. The van der Waals surface area contributed by atoms with Crippen LogP contribution in [0.2, 0.25) is 0 Å². The molecule has 0 atom stereocenters. The Morgan fingerprint density at radius 3 is 2.70 bits per heavy atom. The fourth-order valence-electron chi connectivity index (χ4n) is 2.95. The zero-order valence-electron chi connectivity index (χ0n) is 17.3. The Labute approximate surface area is 203 Å². The van der Waals surface area contributed by atoms with Gasteiger partial charge in [0.05, 0.1) is 9.83 Å². The van der Waals surface area contributed by atoms with E-state index in [0.29, 0.717) is 35.0 Å². The lowest BCUT2D eigenvalue weighted by atomic mass is 10.2. The number of non-ortho nitro benzene ring substituents is 1. The Hall–Kier alpha value is -3.09. The van der Waals surface area contributed by atoms with Crippen molar-refractivity contribution in [3.63, 3.8) is 0 Å². The molecule has 0 saturated carbocycles. The normalized spacial score (nSPS) is 14.5. The van der Waals surface area contributed by atoms with Gasteiger partial charge in [0.15, 0.2) is 0 Å². The van der Waals surface area contributed by atoms with Crippen molar-refractivity contribution in [3.05, 3.63) is 67.2 Å². The van der Waals surface area contributed by atoms with E-state index in [9.17, 15) is 24.5 Å². The molecule has 1 aromatic carbocycles. The molecule has 172 valence electrons. The SMILES string of the molecule is O=C(CCCCCN1C(=O)/C(=C\c2cccs2)SC1=S)NNC(=O)c1cccc([N+](=O)[O-])c1. The van der Waals surface area contributed by atoms with Crippen LogP contribution in [0.1, 0.15) is 40.9 Å². The molecule has 0 spiro atoms. The molecule has 0 unspecified atom stereocenters. The second-order valence-corrected chi connectivity index (χ2v) is 9.62. The zero-order chi connectivity index (χ0) is 23.8. The van der Waals surface area contributed by atoms with E-state index in [1.807, 2.05) is 23.6 Å². The summed E-state index contributed by atoms with van der Waals surface area (Å²) < 4.78 is 0.532. The van der Waals surface area contributed by atoms with E-state index in [-0.39, 0.29) is 29.5 Å². The van der Waals surface area contributed by atoms with Crippen molar-refractivity contribution in [1.29, 1.82) is 0 Å². The van der Waals surface area contributed by atoms with Crippen LogP contribution in [-0.2, 0) is 9.59 Å². The number of nitro groups is 1. The number of nitro benzene ring substituents is 1. The number of thiophene rings is 1. The maximum absolute atomic E-state index is 12.6. The van der Waals surface area contributed by atoms with Crippen molar-refractivity contribution in [3.8, 4) is 0 Å². The smallest absolute Gasteiger partial charge is 0.270 e. The first-order chi connectivity index (χ1) is 15.8. The average molecular weight is 505 g/mol. The number of rotatable bonds is 9. The van der Waals surface area contributed by atoms with Crippen molar-refractivity contribution in [2.45, 2.75) is 25.7 Å². The topological polar surface area (TPSA) is 122 Å². The molecule has 2 aromatic rings. The second-order valence-electron chi connectivity index (χ2n) is 6.97. The van der Waals surface area contributed by atoms with Crippen LogP contribution in [-0.4, -0.2) is 38.4 Å². The quantitative estimate of drug-likeness (QED) is 0.175. The highest BCUT2D eigenvalue weighted by Crippen LogP contribution is 2.33. The number of carbonyl (C=O) groups is 3. The van der Waals surface area contributed by atoms with Crippen LogP contribution in [0, 0.1) is 10.1 Å². The number of carbonyl (C=O) groups excluding carboxylic acids is 3. The van der Waals surface area contributed by atoms with Crippen molar-refractivity contribution >= 4 is 69.1 Å². The van der Waals surface area contributed by atoms with Crippen LogP contribution in [0.5, 0.6) is 0 Å². The summed E-state index contributed by atoms with van der Waals surface area (Å²) in [6.07, 6.45) is 3.99. The number of thiocarbonyl (C=S) groups is 1. The molecular weight excluding hydrogens is 484 g/mol. The van der Waals surface area contributed by atoms with E-state index in [2.05, 4.69) is 10.9 Å². The van der Waals surface area contributed by atoms with E-state index < -0.39 is 10.8 Å². The molecule has 0 radical (unpaired) electrons. The van der Waals surface area contributed by atoms with Gasteiger partial charge in [-0.15, -0.1) is 11.3 Å². The highest BCUT2D eigenvalue weighted by Gasteiger charge is 2.31. The Kier molecular flexibility index (Phi) is 8.69.